The van der Waals surface area contributed by atoms with Crippen LogP contribution in [-0.4, -0.2) is 70.6 Å². The Morgan fingerprint density at radius 3 is 2.66 bits per heavy atom. The molecule has 3 fully saturated rings. The maximum Gasteiger partial charge on any atom is 0.410 e. The van der Waals surface area contributed by atoms with Gasteiger partial charge in [0, 0.05) is 44.8 Å². The second kappa shape index (κ2) is 7.88. The zero-order valence-corrected chi connectivity index (χ0v) is 16.5. The van der Waals surface area contributed by atoms with E-state index < -0.39 is 0 Å². The molecule has 0 bridgehead atoms. The van der Waals surface area contributed by atoms with E-state index in [1.165, 1.54) is 10.6 Å². The molecule has 2 saturated heterocycles. The van der Waals surface area contributed by atoms with Crippen LogP contribution < -0.4 is 10.9 Å². The van der Waals surface area contributed by atoms with Crippen LogP contribution in [0.25, 0.3) is 0 Å². The van der Waals surface area contributed by atoms with Gasteiger partial charge in [0.05, 0.1) is 6.04 Å². The number of hydrogen-bond donors (Lipinski definition) is 1. The van der Waals surface area contributed by atoms with E-state index in [0.29, 0.717) is 51.9 Å². The largest absolute Gasteiger partial charge is 0.447 e. The number of nitrogens with one attached hydrogen (secondary N) is 1. The lowest BCUT2D eigenvalue weighted by Gasteiger charge is -2.38. The number of hydrogen-bond acceptors (Lipinski definition) is 5. The van der Waals surface area contributed by atoms with Crippen molar-refractivity contribution in [2.24, 2.45) is 13.0 Å². The first kappa shape index (κ1) is 19.5. The lowest BCUT2D eigenvalue weighted by molar-refractivity contribution is -0.138. The molecule has 1 saturated carbocycles. The first-order valence-electron chi connectivity index (χ1n) is 10.1. The van der Waals surface area contributed by atoms with Crippen molar-refractivity contribution in [2.75, 3.05) is 26.2 Å². The third kappa shape index (κ3) is 3.86. The summed E-state index contributed by atoms with van der Waals surface area (Å²) < 4.78 is 6.44. The predicted molar refractivity (Wildman–Crippen MR) is 103 cm³/mol. The number of pyridine rings is 1. The Morgan fingerprint density at radius 1 is 1.14 bits per heavy atom. The van der Waals surface area contributed by atoms with E-state index in [1.54, 1.807) is 24.2 Å². The average Bonchev–Trinajstić information content (AvgIpc) is 3.10. The monoisotopic (exact) mass is 402 g/mol. The molecule has 3 amide bonds. The zero-order chi connectivity index (χ0) is 20.5. The molecule has 0 radical (unpaired) electrons. The van der Waals surface area contributed by atoms with Crippen LogP contribution in [0, 0.1) is 5.92 Å². The highest BCUT2D eigenvalue weighted by atomic mass is 16.6. The minimum absolute atomic E-state index is 0.0332. The van der Waals surface area contributed by atoms with Crippen LogP contribution in [-0.2, 0) is 16.6 Å². The van der Waals surface area contributed by atoms with Gasteiger partial charge in [0.25, 0.3) is 11.5 Å². The number of amides is 3. The van der Waals surface area contributed by atoms with E-state index in [9.17, 15) is 19.2 Å². The van der Waals surface area contributed by atoms with Gasteiger partial charge in [-0.15, -0.1) is 0 Å². The molecule has 1 aromatic rings. The Kier molecular flexibility index (Phi) is 5.29. The van der Waals surface area contributed by atoms with Gasteiger partial charge in [-0.2, -0.15) is 0 Å². The number of nitrogens with zero attached hydrogens (tertiary/aromatic N) is 3. The summed E-state index contributed by atoms with van der Waals surface area (Å²) in [5.41, 5.74) is -0.179. The third-order valence-corrected chi connectivity index (χ3v) is 6.21. The molecule has 0 spiro atoms. The normalized spacial score (nSPS) is 26.7. The fraction of sp³-hybridized carbons (Fsp3) is 0.600. The maximum atomic E-state index is 12.9. The zero-order valence-electron chi connectivity index (χ0n) is 16.5. The number of carbonyl (C=O) groups is 3. The topological polar surface area (TPSA) is 101 Å². The highest BCUT2D eigenvalue weighted by Gasteiger charge is 2.40. The second-order valence-corrected chi connectivity index (χ2v) is 8.07. The fourth-order valence-corrected chi connectivity index (χ4v) is 4.47. The quantitative estimate of drug-likeness (QED) is 0.786. The van der Waals surface area contributed by atoms with E-state index in [0.717, 1.165) is 0 Å². The Hall–Kier alpha value is -2.84. The standard InChI is InChI=1S/C20H26N4O5/c1-22-8-2-3-16(19(22)27)17(25)21-14-6-4-13(5-7-14)18(26)23-9-10-24-15(11-23)12-29-20(24)28/h2-3,8,13-15H,4-7,9-12H2,1H3,(H,21,25). The van der Waals surface area contributed by atoms with Gasteiger partial charge in [0.1, 0.15) is 12.2 Å². The van der Waals surface area contributed by atoms with Gasteiger partial charge in [-0.3, -0.25) is 19.3 Å². The summed E-state index contributed by atoms with van der Waals surface area (Å²) in [6.45, 7) is 1.93. The van der Waals surface area contributed by atoms with Crippen LogP contribution in [0.4, 0.5) is 4.79 Å². The number of piperazine rings is 1. The fourth-order valence-electron chi connectivity index (χ4n) is 4.47. The minimum Gasteiger partial charge on any atom is -0.447 e. The van der Waals surface area contributed by atoms with Crippen LogP contribution in [0.15, 0.2) is 23.1 Å². The summed E-state index contributed by atoms with van der Waals surface area (Å²) in [6.07, 6.45) is 4.16. The molecule has 1 N–H and O–H groups in total. The number of rotatable bonds is 3. The van der Waals surface area contributed by atoms with Crippen LogP contribution >= 0.6 is 0 Å². The van der Waals surface area contributed by atoms with Crippen molar-refractivity contribution < 1.29 is 19.1 Å². The number of aryl methyl sites for hydroxylation is 1. The smallest absolute Gasteiger partial charge is 0.410 e. The molecule has 0 aromatic carbocycles. The molecular formula is C20H26N4O5. The SMILES string of the molecule is Cn1cccc(C(=O)NC2CCC(C(=O)N3CCN4C(=O)OCC4C3)CC2)c1=O. The van der Waals surface area contributed by atoms with Crippen molar-refractivity contribution in [3.05, 3.63) is 34.2 Å². The summed E-state index contributed by atoms with van der Waals surface area (Å²) in [6, 6.07) is 3.14. The first-order valence-corrected chi connectivity index (χ1v) is 10.1. The van der Waals surface area contributed by atoms with Gasteiger partial charge >= 0.3 is 6.09 Å². The number of fused-ring (bicyclic) bond motifs is 1. The number of ether oxygens (including phenoxy) is 1. The Balaban J connectivity index is 1.29. The van der Waals surface area contributed by atoms with Crippen molar-refractivity contribution in [3.63, 3.8) is 0 Å². The number of carbonyl (C=O) groups excluding carboxylic acids is 3. The molecule has 9 nitrogen and oxygen atoms in total. The lowest BCUT2D eigenvalue weighted by atomic mass is 9.84. The first-order chi connectivity index (χ1) is 13.9. The minimum atomic E-state index is -0.358. The van der Waals surface area contributed by atoms with E-state index in [2.05, 4.69) is 5.32 Å². The van der Waals surface area contributed by atoms with Crippen molar-refractivity contribution in [1.82, 2.24) is 19.7 Å². The Bertz CT molecular complexity index is 874. The van der Waals surface area contributed by atoms with Gasteiger partial charge in [-0.05, 0) is 37.8 Å². The lowest BCUT2D eigenvalue weighted by Crippen LogP contribution is -2.55. The van der Waals surface area contributed by atoms with Crippen molar-refractivity contribution in [3.8, 4) is 0 Å². The summed E-state index contributed by atoms with van der Waals surface area (Å²) >= 11 is 0. The average molecular weight is 402 g/mol. The molecule has 1 atom stereocenters. The van der Waals surface area contributed by atoms with Crippen LogP contribution in [0.3, 0.4) is 0 Å². The van der Waals surface area contributed by atoms with E-state index >= 15 is 0 Å². The van der Waals surface area contributed by atoms with Crippen LogP contribution in [0.2, 0.25) is 0 Å². The molecule has 1 aromatic heterocycles. The molecular weight excluding hydrogens is 376 g/mol. The van der Waals surface area contributed by atoms with Gasteiger partial charge in [0.15, 0.2) is 0 Å². The van der Waals surface area contributed by atoms with Crippen LogP contribution in [0.1, 0.15) is 36.0 Å². The summed E-state index contributed by atoms with van der Waals surface area (Å²) in [7, 11) is 1.61. The van der Waals surface area contributed by atoms with E-state index in [4.69, 9.17) is 4.74 Å². The molecule has 4 rings (SSSR count). The van der Waals surface area contributed by atoms with Gasteiger partial charge < -0.3 is 19.5 Å². The highest BCUT2D eigenvalue weighted by molar-refractivity contribution is 5.94. The van der Waals surface area contributed by atoms with Crippen LogP contribution in [0.5, 0.6) is 0 Å². The molecule has 3 aliphatic rings. The molecule has 2 aliphatic heterocycles. The van der Waals surface area contributed by atoms with E-state index in [-0.39, 0.29) is 47.0 Å². The number of aromatic nitrogens is 1. The van der Waals surface area contributed by atoms with E-state index in [1.807, 2.05) is 4.90 Å². The molecule has 9 heteroatoms. The molecule has 156 valence electrons. The second-order valence-electron chi connectivity index (χ2n) is 8.07. The summed E-state index contributed by atoms with van der Waals surface area (Å²) in [5.74, 6) is -0.286. The van der Waals surface area contributed by atoms with Gasteiger partial charge in [-0.25, -0.2) is 4.79 Å². The Labute approximate surface area is 168 Å². The maximum absolute atomic E-state index is 12.9. The molecule has 1 aliphatic carbocycles. The van der Waals surface area contributed by atoms with Gasteiger partial charge in [-0.1, -0.05) is 0 Å². The molecule has 1 unspecified atom stereocenters. The Morgan fingerprint density at radius 2 is 1.90 bits per heavy atom. The highest BCUT2D eigenvalue weighted by Crippen LogP contribution is 2.28. The third-order valence-electron chi connectivity index (χ3n) is 6.21. The van der Waals surface area contributed by atoms with Crippen molar-refractivity contribution in [2.45, 2.75) is 37.8 Å². The predicted octanol–water partition coefficient (Wildman–Crippen LogP) is 0.337. The molecule has 29 heavy (non-hydrogen) atoms. The van der Waals surface area contributed by atoms with Gasteiger partial charge in [0.2, 0.25) is 5.91 Å². The van der Waals surface area contributed by atoms with Crippen molar-refractivity contribution in [1.29, 1.82) is 0 Å². The molecule has 3 heterocycles. The number of cyclic esters (lactones) is 1. The van der Waals surface area contributed by atoms with Crippen molar-refractivity contribution >= 4 is 17.9 Å². The summed E-state index contributed by atoms with van der Waals surface area (Å²) in [4.78, 5) is 52.6. The summed E-state index contributed by atoms with van der Waals surface area (Å²) in [5, 5.41) is 2.94.